The zero-order chi connectivity index (χ0) is 10.8. The predicted molar refractivity (Wildman–Crippen MR) is 57.1 cm³/mol. The summed E-state index contributed by atoms with van der Waals surface area (Å²) in [6.07, 6.45) is 0. The summed E-state index contributed by atoms with van der Waals surface area (Å²) in [7, 11) is 1.78. The molecule has 1 aromatic carbocycles. The molecule has 0 amide bonds. The maximum atomic E-state index is 5.88. The molecule has 2 rings (SSSR count). The summed E-state index contributed by atoms with van der Waals surface area (Å²) in [5.74, 6) is 0.687. The van der Waals surface area contributed by atoms with Gasteiger partial charge in [-0.3, -0.25) is 0 Å². The first-order valence-electron chi connectivity index (χ1n) is 4.43. The first-order valence-corrected chi connectivity index (χ1v) is 4.81. The molecule has 0 saturated heterocycles. The quantitative estimate of drug-likeness (QED) is 0.824. The van der Waals surface area contributed by atoms with E-state index in [-0.39, 0.29) is 0 Å². The lowest BCUT2D eigenvalue weighted by Crippen LogP contribution is -2.02. The van der Waals surface area contributed by atoms with E-state index in [1.165, 1.54) is 0 Å². The third-order valence-electron chi connectivity index (χ3n) is 2.15. The summed E-state index contributed by atoms with van der Waals surface area (Å²) in [6.45, 7) is 0.406. The van der Waals surface area contributed by atoms with Gasteiger partial charge in [0.25, 0.3) is 0 Å². The minimum Gasteiger partial charge on any atom is -0.326 e. The number of benzene rings is 1. The molecular formula is C9H10ClN5. The molecule has 2 N–H and O–H groups in total. The van der Waals surface area contributed by atoms with Crippen molar-refractivity contribution in [3.05, 3.63) is 28.8 Å². The summed E-state index contributed by atoms with van der Waals surface area (Å²) in [5.41, 5.74) is 7.48. The summed E-state index contributed by atoms with van der Waals surface area (Å²) in [5, 5.41) is 11.9. The Hall–Kier alpha value is -1.46. The Balaban J connectivity index is 2.58. The van der Waals surface area contributed by atoms with Crippen molar-refractivity contribution in [2.75, 3.05) is 0 Å². The standard InChI is InChI=1S/C9H10ClN5/c1-15-9(12-13-14-15)8-3-2-7(10)4-6(8)5-11/h2-4H,5,11H2,1H3. The van der Waals surface area contributed by atoms with Crippen molar-refractivity contribution in [2.24, 2.45) is 12.8 Å². The van der Waals surface area contributed by atoms with Gasteiger partial charge in [0, 0.05) is 24.2 Å². The number of rotatable bonds is 2. The van der Waals surface area contributed by atoms with Gasteiger partial charge in [-0.05, 0) is 34.2 Å². The third kappa shape index (κ3) is 1.84. The van der Waals surface area contributed by atoms with Crippen LogP contribution in [0.15, 0.2) is 18.2 Å². The van der Waals surface area contributed by atoms with Crippen LogP contribution in [0.25, 0.3) is 11.4 Å². The average Bonchev–Trinajstić information content (AvgIpc) is 2.64. The van der Waals surface area contributed by atoms with Crippen LogP contribution in [0.3, 0.4) is 0 Å². The molecule has 6 heteroatoms. The molecule has 0 unspecified atom stereocenters. The van der Waals surface area contributed by atoms with Gasteiger partial charge in [-0.15, -0.1) is 5.10 Å². The predicted octanol–water partition coefficient (Wildman–Crippen LogP) is 0.989. The van der Waals surface area contributed by atoms with Crippen molar-refractivity contribution in [1.82, 2.24) is 20.2 Å². The highest BCUT2D eigenvalue weighted by molar-refractivity contribution is 6.30. The number of hydrogen-bond donors (Lipinski definition) is 1. The first kappa shape index (κ1) is 10.1. The van der Waals surface area contributed by atoms with E-state index < -0.39 is 0 Å². The molecule has 15 heavy (non-hydrogen) atoms. The van der Waals surface area contributed by atoms with E-state index >= 15 is 0 Å². The zero-order valence-corrected chi connectivity index (χ0v) is 8.94. The number of tetrazole rings is 1. The highest BCUT2D eigenvalue weighted by atomic mass is 35.5. The third-order valence-corrected chi connectivity index (χ3v) is 2.38. The second-order valence-electron chi connectivity index (χ2n) is 3.13. The molecule has 1 aromatic heterocycles. The molecular weight excluding hydrogens is 214 g/mol. The van der Waals surface area contributed by atoms with Crippen molar-refractivity contribution in [2.45, 2.75) is 6.54 Å². The van der Waals surface area contributed by atoms with Crippen LogP contribution in [-0.4, -0.2) is 20.2 Å². The zero-order valence-electron chi connectivity index (χ0n) is 8.18. The van der Waals surface area contributed by atoms with E-state index in [2.05, 4.69) is 15.5 Å². The number of aryl methyl sites for hydroxylation is 1. The fourth-order valence-corrected chi connectivity index (χ4v) is 1.60. The van der Waals surface area contributed by atoms with Gasteiger partial charge >= 0.3 is 0 Å². The Kier molecular flexibility index (Phi) is 2.66. The van der Waals surface area contributed by atoms with Crippen molar-refractivity contribution in [3.8, 4) is 11.4 Å². The van der Waals surface area contributed by atoms with Crippen LogP contribution in [-0.2, 0) is 13.6 Å². The van der Waals surface area contributed by atoms with Crippen LogP contribution in [0.1, 0.15) is 5.56 Å². The Morgan fingerprint density at radius 2 is 2.27 bits per heavy atom. The van der Waals surface area contributed by atoms with E-state index in [1.54, 1.807) is 17.8 Å². The Morgan fingerprint density at radius 3 is 2.87 bits per heavy atom. The topological polar surface area (TPSA) is 69.6 Å². The molecule has 0 atom stereocenters. The first-order chi connectivity index (χ1) is 7.22. The Morgan fingerprint density at radius 1 is 1.47 bits per heavy atom. The van der Waals surface area contributed by atoms with Crippen LogP contribution >= 0.6 is 11.6 Å². The molecule has 1 heterocycles. The maximum absolute atomic E-state index is 5.88. The van der Waals surface area contributed by atoms with E-state index in [4.69, 9.17) is 17.3 Å². The van der Waals surface area contributed by atoms with Gasteiger partial charge in [-0.25, -0.2) is 4.68 Å². The van der Waals surface area contributed by atoms with Gasteiger partial charge in [0.1, 0.15) is 0 Å². The number of nitrogens with zero attached hydrogens (tertiary/aromatic N) is 4. The lowest BCUT2D eigenvalue weighted by atomic mass is 10.1. The van der Waals surface area contributed by atoms with Crippen molar-refractivity contribution < 1.29 is 0 Å². The monoisotopic (exact) mass is 223 g/mol. The second kappa shape index (κ2) is 3.96. The van der Waals surface area contributed by atoms with E-state index in [0.717, 1.165) is 11.1 Å². The number of aromatic nitrogens is 4. The van der Waals surface area contributed by atoms with Crippen LogP contribution < -0.4 is 5.73 Å². The van der Waals surface area contributed by atoms with Crippen molar-refractivity contribution in [3.63, 3.8) is 0 Å². The fraction of sp³-hybridized carbons (Fsp3) is 0.222. The molecule has 0 spiro atoms. The van der Waals surface area contributed by atoms with Gasteiger partial charge in [0.2, 0.25) is 0 Å². The molecule has 0 aliphatic rings. The second-order valence-corrected chi connectivity index (χ2v) is 3.57. The molecule has 0 saturated carbocycles. The van der Waals surface area contributed by atoms with Crippen LogP contribution in [0.4, 0.5) is 0 Å². The molecule has 5 nitrogen and oxygen atoms in total. The molecule has 2 aromatic rings. The number of hydrogen-bond acceptors (Lipinski definition) is 4. The SMILES string of the molecule is Cn1nnnc1-c1ccc(Cl)cc1CN. The van der Waals surface area contributed by atoms with E-state index in [1.807, 2.05) is 12.1 Å². The summed E-state index contributed by atoms with van der Waals surface area (Å²) in [4.78, 5) is 0. The smallest absolute Gasteiger partial charge is 0.182 e. The van der Waals surface area contributed by atoms with Crippen molar-refractivity contribution in [1.29, 1.82) is 0 Å². The summed E-state index contributed by atoms with van der Waals surface area (Å²) in [6, 6.07) is 5.49. The lowest BCUT2D eigenvalue weighted by Gasteiger charge is -2.06. The number of nitrogens with two attached hydrogens (primary N) is 1. The summed E-state index contributed by atoms with van der Waals surface area (Å²) >= 11 is 5.88. The molecule has 0 aliphatic heterocycles. The fourth-order valence-electron chi connectivity index (χ4n) is 1.41. The molecule has 0 radical (unpaired) electrons. The normalized spacial score (nSPS) is 10.6. The molecule has 78 valence electrons. The summed E-state index contributed by atoms with van der Waals surface area (Å²) < 4.78 is 1.60. The Bertz CT molecular complexity index is 479. The highest BCUT2D eigenvalue weighted by Crippen LogP contribution is 2.23. The minimum atomic E-state index is 0.406. The van der Waals surface area contributed by atoms with Crippen molar-refractivity contribution >= 4 is 11.6 Å². The number of halogens is 1. The average molecular weight is 224 g/mol. The highest BCUT2D eigenvalue weighted by Gasteiger charge is 2.10. The molecule has 0 fully saturated rings. The van der Waals surface area contributed by atoms with Gasteiger partial charge in [-0.1, -0.05) is 11.6 Å². The largest absolute Gasteiger partial charge is 0.326 e. The van der Waals surface area contributed by atoms with Gasteiger partial charge in [0.15, 0.2) is 5.82 Å². The van der Waals surface area contributed by atoms with Crippen LogP contribution in [0.5, 0.6) is 0 Å². The lowest BCUT2D eigenvalue weighted by molar-refractivity contribution is 0.714. The van der Waals surface area contributed by atoms with Gasteiger partial charge in [-0.2, -0.15) is 0 Å². The van der Waals surface area contributed by atoms with E-state index in [0.29, 0.717) is 17.4 Å². The molecule has 0 aliphatic carbocycles. The van der Waals surface area contributed by atoms with Crippen LogP contribution in [0, 0.1) is 0 Å². The molecule has 0 bridgehead atoms. The maximum Gasteiger partial charge on any atom is 0.182 e. The Labute approximate surface area is 91.8 Å². The van der Waals surface area contributed by atoms with Gasteiger partial charge < -0.3 is 5.73 Å². The van der Waals surface area contributed by atoms with Crippen LogP contribution in [0.2, 0.25) is 5.02 Å². The van der Waals surface area contributed by atoms with Gasteiger partial charge in [0.05, 0.1) is 0 Å². The minimum absolute atomic E-state index is 0.406. The van der Waals surface area contributed by atoms with E-state index in [9.17, 15) is 0 Å².